The SMILES string of the molecule is CCOc1ccc2c(c1)N(CCCS(=O)(=O)[O-])/C(=C/c1sc3ccc4ccccc4c3[n+]1CCCS(=O)(=O)[O-])S2. The first-order valence-corrected chi connectivity index (χ1v) is 17.5. The molecule has 9 nitrogen and oxygen atoms in total. The maximum absolute atomic E-state index is 11.4. The van der Waals surface area contributed by atoms with Gasteiger partial charge in [0, 0.05) is 35.4 Å². The van der Waals surface area contributed by atoms with Gasteiger partial charge in [-0.1, -0.05) is 47.4 Å². The van der Waals surface area contributed by atoms with Crippen LogP contribution < -0.4 is 14.2 Å². The number of anilines is 1. The topological polar surface area (TPSA) is 131 Å². The van der Waals surface area contributed by atoms with Crippen LogP contribution >= 0.6 is 23.1 Å². The molecule has 13 heteroatoms. The molecule has 4 aromatic rings. The van der Waals surface area contributed by atoms with Gasteiger partial charge in [0.2, 0.25) is 5.52 Å². The summed E-state index contributed by atoms with van der Waals surface area (Å²) in [5.41, 5.74) is 1.82. The molecule has 0 unspecified atom stereocenters. The maximum Gasteiger partial charge on any atom is 0.265 e. The van der Waals surface area contributed by atoms with E-state index < -0.39 is 31.7 Å². The van der Waals surface area contributed by atoms with Crippen molar-refractivity contribution in [3.63, 3.8) is 0 Å². The van der Waals surface area contributed by atoms with E-state index in [4.69, 9.17) is 4.74 Å². The molecule has 0 amide bonds. The Bertz CT molecular complexity index is 1820. The molecule has 3 aromatic carbocycles. The minimum absolute atomic E-state index is 0.153. The van der Waals surface area contributed by atoms with Crippen LogP contribution in [-0.2, 0) is 26.8 Å². The summed E-state index contributed by atoms with van der Waals surface area (Å²) in [6, 6.07) is 17.8. The van der Waals surface area contributed by atoms with Crippen molar-refractivity contribution in [2.75, 3.05) is 29.6 Å². The lowest BCUT2D eigenvalue weighted by Gasteiger charge is -2.21. The fourth-order valence-electron chi connectivity index (χ4n) is 4.78. The molecule has 0 spiro atoms. The third-order valence-corrected chi connectivity index (χ3v) is 10.2. The highest BCUT2D eigenvalue weighted by molar-refractivity contribution is 8.04. The van der Waals surface area contributed by atoms with E-state index in [9.17, 15) is 25.9 Å². The number of aryl methyl sites for hydroxylation is 1. The summed E-state index contributed by atoms with van der Waals surface area (Å²) < 4.78 is 76.7. The number of nitrogens with zero attached hydrogens (tertiary/aromatic N) is 2. The molecule has 0 bridgehead atoms. The van der Waals surface area contributed by atoms with Gasteiger partial charge < -0.3 is 18.7 Å². The van der Waals surface area contributed by atoms with E-state index >= 15 is 0 Å². The molecule has 40 heavy (non-hydrogen) atoms. The summed E-state index contributed by atoms with van der Waals surface area (Å²) in [6.45, 7) is 3.03. The molecule has 0 aliphatic carbocycles. The van der Waals surface area contributed by atoms with Crippen LogP contribution in [0, 0.1) is 0 Å². The second-order valence-corrected chi connectivity index (χ2v) is 14.4. The van der Waals surface area contributed by atoms with Crippen molar-refractivity contribution in [2.24, 2.45) is 0 Å². The first kappa shape index (κ1) is 28.8. The lowest BCUT2D eigenvalue weighted by Crippen LogP contribution is -2.36. The number of thiazole rings is 1. The summed E-state index contributed by atoms with van der Waals surface area (Å²) in [5, 5.41) is 3.76. The zero-order chi connectivity index (χ0) is 28.5. The molecule has 212 valence electrons. The number of hydrogen-bond donors (Lipinski definition) is 0. The number of thioether (sulfide) groups is 1. The molecule has 0 saturated heterocycles. The lowest BCUT2D eigenvalue weighted by atomic mass is 10.1. The number of ether oxygens (including phenoxy) is 1. The smallest absolute Gasteiger partial charge is 0.265 e. The molecule has 1 aliphatic rings. The minimum atomic E-state index is -4.36. The number of rotatable bonds is 11. The summed E-state index contributed by atoms with van der Waals surface area (Å²) in [5.74, 6) is -0.249. The molecule has 0 saturated carbocycles. The van der Waals surface area contributed by atoms with Crippen LogP contribution in [0.15, 0.2) is 64.5 Å². The third kappa shape index (κ3) is 6.61. The normalized spacial score (nSPS) is 14.9. The number of fused-ring (bicyclic) bond motifs is 4. The van der Waals surface area contributed by atoms with E-state index in [-0.39, 0.29) is 12.8 Å². The van der Waals surface area contributed by atoms with Crippen molar-refractivity contribution in [3.8, 4) is 5.75 Å². The Kier molecular flexibility index (Phi) is 8.41. The maximum atomic E-state index is 11.4. The predicted octanol–water partition coefficient (Wildman–Crippen LogP) is 4.52. The molecule has 0 radical (unpaired) electrons. The van der Waals surface area contributed by atoms with E-state index in [1.807, 2.05) is 72.5 Å². The second kappa shape index (κ2) is 11.7. The van der Waals surface area contributed by atoms with Gasteiger partial charge in [-0.15, -0.1) is 0 Å². The third-order valence-electron chi connectivity index (χ3n) is 6.43. The summed E-state index contributed by atoms with van der Waals surface area (Å²) in [6.07, 6.45) is 2.32. The molecule has 1 aromatic heterocycles. The van der Waals surface area contributed by atoms with Crippen molar-refractivity contribution in [1.29, 1.82) is 0 Å². The number of hydrogen-bond acceptors (Lipinski definition) is 10. The number of aromatic nitrogens is 1. The average molecular weight is 620 g/mol. The standard InChI is InChI=1S/C27H28N2O7S4/c1-2-36-20-10-12-23-22(17-20)28(13-5-15-39(30,31)32)25(37-23)18-26-29(14-6-16-40(33,34)35)27-21-8-4-3-7-19(21)9-11-24(27)38-26/h3-4,7-12,17-18H,2,5-6,13-16H2,1H3,(H-,30,31,32,33,34,35)/p-1. The molecule has 5 rings (SSSR count). The van der Waals surface area contributed by atoms with Gasteiger partial charge in [-0.05, 0) is 43.0 Å². The van der Waals surface area contributed by atoms with E-state index in [0.29, 0.717) is 25.4 Å². The fraction of sp³-hybridized carbons (Fsp3) is 0.296. The van der Waals surface area contributed by atoms with Crippen molar-refractivity contribution in [1.82, 2.24) is 0 Å². The summed E-state index contributed by atoms with van der Waals surface area (Å²) in [4.78, 5) is 2.96. The van der Waals surface area contributed by atoms with Crippen LogP contribution in [0.5, 0.6) is 5.75 Å². The van der Waals surface area contributed by atoms with Crippen molar-refractivity contribution >= 4 is 76.1 Å². The van der Waals surface area contributed by atoms with Crippen LogP contribution in [0.4, 0.5) is 5.69 Å². The van der Waals surface area contributed by atoms with Crippen molar-refractivity contribution < 1.29 is 35.2 Å². The monoisotopic (exact) mass is 619 g/mol. The van der Waals surface area contributed by atoms with Gasteiger partial charge in [0.25, 0.3) is 5.01 Å². The molecule has 1 aliphatic heterocycles. The van der Waals surface area contributed by atoms with Gasteiger partial charge in [-0.25, -0.2) is 16.8 Å². The predicted molar refractivity (Wildman–Crippen MR) is 157 cm³/mol. The van der Waals surface area contributed by atoms with Crippen molar-refractivity contribution in [2.45, 2.75) is 31.2 Å². The van der Waals surface area contributed by atoms with Gasteiger partial charge >= 0.3 is 0 Å². The first-order chi connectivity index (χ1) is 19.0. The Balaban J connectivity index is 1.60. The number of benzene rings is 3. The van der Waals surface area contributed by atoms with Crippen molar-refractivity contribution in [3.05, 3.63) is 64.6 Å². The van der Waals surface area contributed by atoms with E-state index in [1.54, 1.807) is 11.3 Å². The highest BCUT2D eigenvalue weighted by Crippen LogP contribution is 2.48. The summed E-state index contributed by atoms with van der Waals surface area (Å²) >= 11 is 3.08. The van der Waals surface area contributed by atoms with Gasteiger partial charge in [-0.2, -0.15) is 4.57 Å². The highest BCUT2D eigenvalue weighted by atomic mass is 32.2. The van der Waals surface area contributed by atoms with Crippen LogP contribution in [0.25, 0.3) is 27.1 Å². The van der Waals surface area contributed by atoms with Gasteiger partial charge in [0.05, 0.1) is 49.0 Å². The lowest BCUT2D eigenvalue weighted by molar-refractivity contribution is -0.667. The second-order valence-electron chi connectivity index (χ2n) is 9.25. The molecular weight excluding hydrogens is 593 g/mol. The Morgan fingerprint density at radius 2 is 1.73 bits per heavy atom. The zero-order valence-electron chi connectivity index (χ0n) is 21.6. The van der Waals surface area contributed by atoms with Crippen LogP contribution in [0.1, 0.15) is 24.8 Å². The fourth-order valence-corrected chi connectivity index (χ4v) is 8.07. The van der Waals surface area contributed by atoms with E-state index in [0.717, 1.165) is 41.6 Å². The molecule has 2 heterocycles. The zero-order valence-corrected chi connectivity index (χ0v) is 24.9. The Morgan fingerprint density at radius 3 is 2.48 bits per heavy atom. The van der Waals surface area contributed by atoms with Crippen LogP contribution in [0.3, 0.4) is 0 Å². The molecule has 0 N–H and O–H groups in total. The highest BCUT2D eigenvalue weighted by Gasteiger charge is 2.29. The van der Waals surface area contributed by atoms with Crippen LogP contribution in [-0.4, -0.2) is 50.6 Å². The first-order valence-electron chi connectivity index (χ1n) is 12.7. The van der Waals surface area contributed by atoms with Gasteiger partial charge in [0.1, 0.15) is 10.4 Å². The summed E-state index contributed by atoms with van der Waals surface area (Å²) in [7, 11) is -8.72. The molecule has 0 fully saturated rings. The van der Waals surface area contributed by atoms with Gasteiger partial charge in [-0.3, -0.25) is 0 Å². The Labute approximate surface area is 241 Å². The van der Waals surface area contributed by atoms with E-state index in [1.165, 1.54) is 11.8 Å². The largest absolute Gasteiger partial charge is 0.748 e. The molecule has 0 atom stereocenters. The molecular formula is C27H27N2O7S4-. The Morgan fingerprint density at radius 1 is 0.975 bits per heavy atom. The Hall–Kier alpha value is -2.68. The quantitative estimate of drug-likeness (QED) is 0.176. The van der Waals surface area contributed by atoms with Crippen LogP contribution in [0.2, 0.25) is 0 Å². The van der Waals surface area contributed by atoms with Gasteiger partial charge in [0.15, 0.2) is 6.54 Å². The minimum Gasteiger partial charge on any atom is -0.748 e. The average Bonchev–Trinajstić information content (AvgIpc) is 3.40. The van der Waals surface area contributed by atoms with E-state index in [2.05, 4.69) is 4.57 Å².